The Morgan fingerprint density at radius 3 is 1.49 bits per heavy atom. The van der Waals surface area contributed by atoms with Crippen molar-refractivity contribution in [2.75, 3.05) is 9.80 Å². The predicted molar refractivity (Wildman–Crippen MR) is 283 cm³/mol. The number of aldehydes is 1. The van der Waals surface area contributed by atoms with Crippen LogP contribution in [0.15, 0.2) is 242 Å². The molecule has 0 radical (unpaired) electrons. The van der Waals surface area contributed by atoms with E-state index in [9.17, 15) is 4.79 Å². The van der Waals surface area contributed by atoms with Crippen LogP contribution in [0.5, 0.6) is 0 Å². The molecular formula is C60H44N4O2S2. The molecule has 1 aliphatic heterocycles. The number of hydrogen-bond donors (Lipinski definition) is 1. The van der Waals surface area contributed by atoms with Crippen LogP contribution in [0.3, 0.4) is 0 Å². The molecule has 3 heterocycles. The molecule has 1 amide bonds. The van der Waals surface area contributed by atoms with Gasteiger partial charge in [-0.15, -0.1) is 22.7 Å². The molecule has 1 N–H and O–H groups in total. The predicted octanol–water partition coefficient (Wildman–Crippen LogP) is 15.2. The highest BCUT2D eigenvalue weighted by molar-refractivity contribution is 7.17. The van der Waals surface area contributed by atoms with Gasteiger partial charge >= 0.3 is 0 Å². The molecule has 0 bridgehead atoms. The normalized spacial score (nSPS) is 13.3. The highest BCUT2D eigenvalue weighted by Crippen LogP contribution is 2.47. The van der Waals surface area contributed by atoms with Crippen LogP contribution in [0.1, 0.15) is 20.9 Å². The molecule has 68 heavy (non-hydrogen) atoms. The van der Waals surface area contributed by atoms with Crippen molar-refractivity contribution in [2.45, 2.75) is 13.1 Å². The lowest BCUT2D eigenvalue weighted by atomic mass is 10.0. The van der Waals surface area contributed by atoms with Gasteiger partial charge in [-0.05, 0) is 105 Å². The van der Waals surface area contributed by atoms with Crippen LogP contribution < -0.4 is 15.1 Å². The number of nitrogens with zero attached hydrogens (tertiary/aromatic N) is 3. The fraction of sp³-hybridized carbons (Fsp3) is 0.0333. The monoisotopic (exact) mass is 916 g/mol. The van der Waals surface area contributed by atoms with E-state index in [2.05, 4.69) is 143 Å². The number of para-hydroxylation sites is 4. The van der Waals surface area contributed by atoms with Crippen molar-refractivity contribution in [3.8, 4) is 0 Å². The summed E-state index contributed by atoms with van der Waals surface area (Å²) in [6.07, 6.45) is 0.881. The molecule has 0 saturated heterocycles. The highest BCUT2D eigenvalue weighted by atomic mass is 32.1. The van der Waals surface area contributed by atoms with Crippen molar-refractivity contribution in [3.63, 3.8) is 0 Å². The van der Waals surface area contributed by atoms with Gasteiger partial charge in [0.2, 0.25) is 0 Å². The summed E-state index contributed by atoms with van der Waals surface area (Å²) in [5.41, 5.74) is 7.95. The fourth-order valence-electron chi connectivity index (χ4n) is 9.19. The van der Waals surface area contributed by atoms with Crippen molar-refractivity contribution in [3.05, 3.63) is 263 Å². The quantitative estimate of drug-likeness (QED) is 0.0870. The number of benzene rings is 8. The van der Waals surface area contributed by atoms with E-state index in [0.717, 1.165) is 81.5 Å². The molecule has 328 valence electrons. The molecule has 10 aromatic rings. The molecule has 0 spiro atoms. The van der Waals surface area contributed by atoms with Gasteiger partial charge in [0.25, 0.3) is 5.91 Å². The topological polar surface area (TPSA) is 55.9 Å². The number of carbonyl (C=O) groups is 2. The van der Waals surface area contributed by atoms with Crippen molar-refractivity contribution in [2.24, 2.45) is 0 Å². The minimum absolute atomic E-state index is 0.244. The second kappa shape index (κ2) is 18.9. The van der Waals surface area contributed by atoms with E-state index in [4.69, 9.17) is 0 Å². The summed E-state index contributed by atoms with van der Waals surface area (Å²) >= 11 is 3.14. The number of rotatable bonds is 14. The molecule has 8 aromatic carbocycles. The maximum absolute atomic E-state index is 15.8. The smallest absolute Gasteiger partial charge is 0.261 e. The zero-order valence-corrected chi connectivity index (χ0v) is 38.5. The van der Waals surface area contributed by atoms with Gasteiger partial charge in [0.1, 0.15) is 10.0 Å². The first-order valence-corrected chi connectivity index (χ1v) is 24.2. The van der Waals surface area contributed by atoms with Gasteiger partial charge in [-0.3, -0.25) is 9.59 Å². The number of amides is 1. The van der Waals surface area contributed by atoms with Crippen LogP contribution in [-0.4, -0.2) is 17.1 Å². The summed E-state index contributed by atoms with van der Waals surface area (Å²) in [5.74, 6) is -0.244. The molecule has 6 nitrogen and oxygen atoms in total. The van der Waals surface area contributed by atoms with Crippen LogP contribution in [0.2, 0.25) is 0 Å². The number of nitrogens with one attached hydrogen (secondary N) is 1. The Bertz CT molecular complexity index is 3400. The minimum atomic E-state index is -0.244. The average Bonchev–Trinajstić information content (AvgIpc) is 4.14. The van der Waals surface area contributed by atoms with Gasteiger partial charge in [0.15, 0.2) is 6.29 Å². The Morgan fingerprint density at radius 2 is 0.941 bits per heavy atom. The van der Waals surface area contributed by atoms with Gasteiger partial charge in [0, 0.05) is 29.3 Å². The van der Waals surface area contributed by atoms with E-state index < -0.39 is 0 Å². The zero-order chi connectivity index (χ0) is 45.8. The Hall–Kier alpha value is -8.30. The van der Waals surface area contributed by atoms with E-state index in [1.54, 1.807) is 22.7 Å². The molecule has 0 unspecified atom stereocenters. The first kappa shape index (κ1) is 42.3. The van der Waals surface area contributed by atoms with Gasteiger partial charge < -0.3 is 20.0 Å². The van der Waals surface area contributed by atoms with Gasteiger partial charge in [-0.1, -0.05) is 158 Å². The van der Waals surface area contributed by atoms with Crippen LogP contribution >= 0.6 is 22.7 Å². The minimum Gasteiger partial charge on any atom is -0.379 e. The van der Waals surface area contributed by atoms with E-state index in [1.165, 1.54) is 0 Å². The highest BCUT2D eigenvalue weighted by Gasteiger charge is 2.40. The molecule has 2 aromatic heterocycles. The molecular weight excluding hydrogens is 873 g/mol. The lowest BCUT2D eigenvalue weighted by Gasteiger charge is -2.24. The fourth-order valence-corrected chi connectivity index (χ4v) is 11.4. The van der Waals surface area contributed by atoms with Crippen LogP contribution in [0.4, 0.5) is 32.8 Å². The third-order valence-electron chi connectivity index (χ3n) is 12.3. The molecule has 0 saturated carbocycles. The first-order chi connectivity index (χ1) is 33.6. The number of anilines is 6. The van der Waals surface area contributed by atoms with Gasteiger partial charge in [0.05, 0.1) is 38.8 Å². The average molecular weight is 917 g/mol. The summed E-state index contributed by atoms with van der Waals surface area (Å²) in [5, 5.41) is 10.1. The zero-order valence-electron chi connectivity index (χ0n) is 36.9. The number of fused-ring (bicyclic) bond motifs is 2. The summed E-state index contributed by atoms with van der Waals surface area (Å²) in [7, 11) is 0. The molecule has 0 fully saturated rings. The van der Waals surface area contributed by atoms with Crippen LogP contribution in [0.25, 0.3) is 32.9 Å². The lowest BCUT2D eigenvalue weighted by Crippen LogP contribution is -2.26. The molecule has 0 atom stereocenters. The third-order valence-corrected chi connectivity index (χ3v) is 14.5. The SMILES string of the molecule is O=CC1=C(c2ccc(N(c3ccccc3)c3ccccc3)s2)N(Cc2cccc3ccccc23)C(=O)/C1=C(/NCc1cccc2ccccc12)c1ccc(N(c2ccccc2)c2ccccc2)s1. The second-order valence-electron chi connectivity index (χ2n) is 16.4. The maximum atomic E-state index is 15.8. The van der Waals surface area contributed by atoms with Crippen LogP contribution in [0, 0.1) is 0 Å². The van der Waals surface area contributed by atoms with Crippen molar-refractivity contribution >= 4 is 101 Å². The molecule has 0 aliphatic carbocycles. The Kier molecular flexibility index (Phi) is 11.8. The Labute approximate surface area is 403 Å². The van der Waals surface area contributed by atoms with Crippen LogP contribution in [-0.2, 0) is 22.7 Å². The summed E-state index contributed by atoms with van der Waals surface area (Å²) in [4.78, 5) is 37.8. The van der Waals surface area contributed by atoms with Gasteiger partial charge in [-0.25, -0.2) is 0 Å². The first-order valence-electron chi connectivity index (χ1n) is 22.6. The number of carbonyl (C=O) groups excluding carboxylic acids is 2. The number of thiophene rings is 2. The molecule has 8 heteroatoms. The summed E-state index contributed by atoms with van der Waals surface area (Å²) < 4.78 is 0. The Morgan fingerprint density at radius 1 is 0.485 bits per heavy atom. The van der Waals surface area contributed by atoms with Crippen molar-refractivity contribution in [1.29, 1.82) is 0 Å². The van der Waals surface area contributed by atoms with E-state index in [0.29, 0.717) is 29.1 Å². The van der Waals surface area contributed by atoms with Crippen molar-refractivity contribution in [1.82, 2.24) is 10.2 Å². The number of hydrogen-bond acceptors (Lipinski definition) is 7. The Balaban J connectivity index is 1.11. The van der Waals surface area contributed by atoms with E-state index >= 15 is 4.79 Å². The molecule has 1 aliphatic rings. The second-order valence-corrected chi connectivity index (χ2v) is 18.6. The maximum Gasteiger partial charge on any atom is 0.261 e. The van der Waals surface area contributed by atoms with Gasteiger partial charge in [-0.2, -0.15) is 0 Å². The summed E-state index contributed by atoms with van der Waals surface area (Å²) in [6.45, 7) is 0.672. The van der Waals surface area contributed by atoms with Crippen molar-refractivity contribution < 1.29 is 9.59 Å². The van der Waals surface area contributed by atoms with E-state index in [-0.39, 0.29) is 12.5 Å². The molecule has 11 rings (SSSR count). The standard InChI is InChI=1S/C60H44N4O2S2/c65-41-52-57(58(61-39-44-23-17-21-42-19-13-15-33-50(42)44)53-35-37-55(67-53)63(46-25-5-1-6-26-46)47-27-7-2-8-28-47)60(66)62(40-45-24-18-22-43-20-14-16-34-51(43)45)59(52)54-36-38-56(68-54)64(48-29-9-3-10-30-48)49-31-11-4-12-32-49/h1-38,41,61H,39-40H2/b58-57+. The third kappa shape index (κ3) is 8.17. The lowest BCUT2D eigenvalue weighted by molar-refractivity contribution is -0.123. The van der Waals surface area contributed by atoms with E-state index in [1.807, 2.05) is 108 Å². The summed E-state index contributed by atoms with van der Waals surface area (Å²) in [6, 6.07) is 78.5. The largest absolute Gasteiger partial charge is 0.379 e.